The molecule has 4 aromatic rings. The first kappa shape index (κ1) is 34.1. The second-order valence-corrected chi connectivity index (χ2v) is 13.4. The Kier molecular flexibility index (Phi) is 9.72. The second kappa shape index (κ2) is 14.0. The summed E-state index contributed by atoms with van der Waals surface area (Å²) < 4.78 is 38.7. The number of hydrogen-bond acceptors (Lipinski definition) is 11. The van der Waals surface area contributed by atoms with Crippen molar-refractivity contribution >= 4 is 24.5 Å². The minimum atomic E-state index is -4.73. The Morgan fingerprint density at radius 2 is 1.78 bits per heavy atom. The SMILES string of the molecule is [N-]=[N+]=N[C@]1(COP(=O)(NC2(C(=O)OCc3ccccc3)CCCC2)Oc2cccc3ccccc23)O[C@@H](n2c(=O)cc[nH]c2=O)[C@H](O)[C@@H]1O. The molecule has 1 aliphatic heterocycles. The van der Waals surface area contributed by atoms with Gasteiger partial charge >= 0.3 is 19.4 Å². The van der Waals surface area contributed by atoms with E-state index in [9.17, 15) is 34.7 Å². The van der Waals surface area contributed by atoms with Crippen LogP contribution in [0.4, 0.5) is 0 Å². The average molecular weight is 693 g/mol. The van der Waals surface area contributed by atoms with E-state index < -0.39 is 61.3 Å². The fraction of sp³-hybridized carbons (Fsp3) is 0.344. The number of carbonyl (C=O) groups excluding carboxylic acids is 1. The Balaban J connectivity index is 1.35. The normalized spacial score (nSPS) is 24.2. The number of ether oxygens (including phenoxy) is 2. The van der Waals surface area contributed by atoms with Crippen LogP contribution in [0.2, 0.25) is 0 Å². The summed E-state index contributed by atoms with van der Waals surface area (Å²) in [5.41, 5.74) is 4.29. The Bertz CT molecular complexity index is 2010. The molecule has 16 nitrogen and oxygen atoms in total. The zero-order valence-corrected chi connectivity index (χ0v) is 26.8. The van der Waals surface area contributed by atoms with Crippen LogP contribution in [0.3, 0.4) is 0 Å². The van der Waals surface area contributed by atoms with Crippen LogP contribution in [0.15, 0.2) is 99.8 Å². The summed E-state index contributed by atoms with van der Waals surface area (Å²) in [5, 5.41) is 29.7. The van der Waals surface area contributed by atoms with Gasteiger partial charge < -0.3 is 29.2 Å². The van der Waals surface area contributed by atoms with Gasteiger partial charge in [-0.2, -0.15) is 5.09 Å². The van der Waals surface area contributed by atoms with Crippen molar-refractivity contribution < 1.29 is 38.1 Å². The standard InChI is InChI=1S/C32H33N6O10P/c33-37-35-32(27(41)26(40)28(47-32)38-25(39)15-18-34-30(38)43)20-46-49(44,48-24-14-8-12-22-11-4-5-13-23(22)24)36-31(16-6-7-17-31)29(42)45-19-21-9-2-1-3-10-21/h1-5,8-15,18,26-28,40-41H,6-7,16-17,19-20H2,(H,34,43)(H,36,44)/t26-,27+,28-,32-,49?/m1/s1. The first-order valence-corrected chi connectivity index (χ1v) is 17.0. The number of aliphatic hydroxyl groups is 2. The van der Waals surface area contributed by atoms with Crippen molar-refractivity contribution in [1.82, 2.24) is 14.6 Å². The molecule has 49 heavy (non-hydrogen) atoms. The van der Waals surface area contributed by atoms with E-state index in [0.29, 0.717) is 22.8 Å². The van der Waals surface area contributed by atoms with Crippen molar-refractivity contribution in [3.63, 3.8) is 0 Å². The molecule has 1 saturated heterocycles. The van der Waals surface area contributed by atoms with Gasteiger partial charge in [-0.15, -0.1) is 0 Å². The molecule has 4 N–H and O–H groups in total. The topological polar surface area (TPSA) is 227 Å². The Labute approximate surface area is 278 Å². The number of nitrogens with one attached hydrogen (secondary N) is 2. The number of aromatic nitrogens is 2. The number of rotatable bonds is 12. The van der Waals surface area contributed by atoms with E-state index in [1.54, 1.807) is 48.5 Å². The molecule has 2 heterocycles. The number of nitrogens with zero attached hydrogens (tertiary/aromatic N) is 4. The molecule has 1 aromatic heterocycles. The lowest BCUT2D eigenvalue weighted by molar-refractivity contribution is -0.152. The number of fused-ring (bicyclic) bond motifs is 1. The minimum absolute atomic E-state index is 0.0459. The number of aliphatic hydroxyl groups excluding tert-OH is 2. The quantitative estimate of drug-likeness (QED) is 0.0549. The number of aromatic amines is 1. The molecule has 1 saturated carbocycles. The number of esters is 1. The molecule has 1 unspecified atom stereocenters. The van der Waals surface area contributed by atoms with Crippen molar-refractivity contribution in [1.29, 1.82) is 0 Å². The lowest BCUT2D eigenvalue weighted by Gasteiger charge is -2.34. The van der Waals surface area contributed by atoms with E-state index in [-0.39, 0.29) is 25.2 Å². The van der Waals surface area contributed by atoms with Crippen molar-refractivity contribution in [2.45, 2.75) is 62.0 Å². The number of benzene rings is 3. The fourth-order valence-electron chi connectivity index (χ4n) is 6.09. The van der Waals surface area contributed by atoms with E-state index >= 15 is 0 Å². The molecule has 1 aliphatic carbocycles. The maximum Gasteiger partial charge on any atom is 0.459 e. The van der Waals surface area contributed by atoms with Gasteiger partial charge in [-0.3, -0.25) is 14.1 Å². The molecule has 2 fully saturated rings. The van der Waals surface area contributed by atoms with Gasteiger partial charge in [-0.05, 0) is 35.4 Å². The third-order valence-electron chi connectivity index (χ3n) is 8.58. The monoisotopic (exact) mass is 692 g/mol. The molecule has 0 radical (unpaired) electrons. The molecular formula is C32H33N6O10P. The van der Waals surface area contributed by atoms with Crippen molar-refractivity contribution in [2.75, 3.05) is 6.61 Å². The van der Waals surface area contributed by atoms with Gasteiger partial charge in [0.15, 0.2) is 6.23 Å². The van der Waals surface area contributed by atoms with E-state index in [1.807, 2.05) is 24.3 Å². The third-order valence-corrected chi connectivity index (χ3v) is 10.2. The first-order valence-electron chi connectivity index (χ1n) is 15.4. The Morgan fingerprint density at radius 1 is 1.06 bits per heavy atom. The maximum absolute atomic E-state index is 14.9. The molecule has 6 rings (SSSR count). The van der Waals surface area contributed by atoms with Gasteiger partial charge in [-0.25, -0.2) is 13.9 Å². The summed E-state index contributed by atoms with van der Waals surface area (Å²) in [5.74, 6) is -0.579. The highest BCUT2D eigenvalue weighted by atomic mass is 31.2. The third kappa shape index (κ3) is 6.89. The Hall–Kier alpha value is -4.79. The van der Waals surface area contributed by atoms with Crippen LogP contribution in [0, 0.1) is 0 Å². The molecule has 0 spiro atoms. The van der Waals surface area contributed by atoms with Crippen molar-refractivity contribution in [2.24, 2.45) is 5.11 Å². The number of carbonyl (C=O) groups is 1. The van der Waals surface area contributed by atoms with Gasteiger partial charge in [0.2, 0.25) is 5.72 Å². The molecule has 2 aliphatic rings. The fourth-order valence-corrected chi connectivity index (χ4v) is 7.86. The van der Waals surface area contributed by atoms with Crippen LogP contribution >= 0.6 is 7.75 Å². The maximum atomic E-state index is 14.9. The van der Waals surface area contributed by atoms with Crippen LogP contribution in [0.5, 0.6) is 5.75 Å². The Morgan fingerprint density at radius 3 is 2.51 bits per heavy atom. The zero-order valence-electron chi connectivity index (χ0n) is 26.0. The number of azide groups is 1. The van der Waals surface area contributed by atoms with Gasteiger partial charge in [0.1, 0.15) is 30.1 Å². The van der Waals surface area contributed by atoms with Gasteiger partial charge in [0.05, 0.1) is 6.61 Å². The second-order valence-electron chi connectivity index (χ2n) is 11.8. The van der Waals surface area contributed by atoms with Crippen LogP contribution in [0.1, 0.15) is 37.5 Å². The largest absolute Gasteiger partial charge is 0.459 e. The minimum Gasteiger partial charge on any atom is -0.459 e. The van der Waals surface area contributed by atoms with Crippen LogP contribution < -0.4 is 20.9 Å². The molecule has 0 bridgehead atoms. The van der Waals surface area contributed by atoms with Crippen molar-refractivity contribution in [3.05, 3.63) is 122 Å². The van der Waals surface area contributed by atoms with E-state index in [4.69, 9.17) is 18.5 Å². The molecule has 0 amide bonds. The highest BCUT2D eigenvalue weighted by Gasteiger charge is 2.58. The summed E-state index contributed by atoms with van der Waals surface area (Å²) in [4.78, 5) is 43.7. The van der Waals surface area contributed by atoms with Crippen molar-refractivity contribution in [3.8, 4) is 5.75 Å². The van der Waals surface area contributed by atoms with E-state index in [1.165, 1.54) is 0 Å². The average Bonchev–Trinajstić information content (AvgIpc) is 3.67. The van der Waals surface area contributed by atoms with Crippen LogP contribution in [-0.2, 0) is 30.0 Å². The lowest BCUT2D eigenvalue weighted by Crippen LogP contribution is -2.51. The van der Waals surface area contributed by atoms with Gasteiger partial charge in [0, 0.05) is 22.6 Å². The number of hydrogen-bond donors (Lipinski definition) is 4. The summed E-state index contributed by atoms with van der Waals surface area (Å²) in [7, 11) is -4.73. The lowest BCUT2D eigenvalue weighted by atomic mass is 10.00. The molecule has 3 aromatic carbocycles. The first-order chi connectivity index (χ1) is 23.6. The van der Waals surface area contributed by atoms with Crippen LogP contribution in [-0.4, -0.2) is 55.8 Å². The summed E-state index contributed by atoms with van der Waals surface area (Å²) >= 11 is 0. The predicted molar refractivity (Wildman–Crippen MR) is 174 cm³/mol. The smallest absolute Gasteiger partial charge is 0.459 e. The van der Waals surface area contributed by atoms with Crippen LogP contribution in [0.25, 0.3) is 21.2 Å². The van der Waals surface area contributed by atoms with E-state index in [2.05, 4.69) is 20.1 Å². The number of H-pyrrole nitrogens is 1. The highest BCUT2D eigenvalue weighted by Crippen LogP contribution is 2.52. The summed E-state index contributed by atoms with van der Waals surface area (Å²) in [6.45, 7) is -1.06. The molecular weight excluding hydrogens is 659 g/mol. The molecule has 256 valence electrons. The molecule has 17 heteroatoms. The summed E-state index contributed by atoms with van der Waals surface area (Å²) in [6, 6.07) is 22.1. The summed E-state index contributed by atoms with van der Waals surface area (Å²) in [6.07, 6.45) is -3.21. The van der Waals surface area contributed by atoms with E-state index in [0.717, 1.165) is 23.2 Å². The highest BCUT2D eigenvalue weighted by molar-refractivity contribution is 7.52. The van der Waals surface area contributed by atoms with Gasteiger partial charge in [-0.1, -0.05) is 84.7 Å². The van der Waals surface area contributed by atoms with Gasteiger partial charge in [0.25, 0.3) is 5.56 Å². The zero-order chi connectivity index (χ0) is 34.6. The predicted octanol–water partition coefficient (Wildman–Crippen LogP) is 3.80. The molecule has 5 atom stereocenters.